The van der Waals surface area contributed by atoms with Gasteiger partial charge in [-0.1, -0.05) is 11.6 Å². The van der Waals surface area contributed by atoms with Crippen LogP contribution in [0.5, 0.6) is 0 Å². The van der Waals surface area contributed by atoms with Crippen molar-refractivity contribution in [3.05, 3.63) is 40.1 Å². The van der Waals surface area contributed by atoms with Crippen molar-refractivity contribution in [1.82, 2.24) is 18.1 Å². The van der Waals surface area contributed by atoms with Crippen LogP contribution in [0.1, 0.15) is 11.4 Å². The Bertz CT molecular complexity index is 939. The molecule has 0 atom stereocenters. The minimum Gasteiger partial charge on any atom is -0.376 e. The van der Waals surface area contributed by atoms with E-state index in [4.69, 9.17) is 11.6 Å². The maximum atomic E-state index is 6.29. The Labute approximate surface area is 133 Å². The van der Waals surface area contributed by atoms with E-state index < -0.39 is 0 Å². The maximum Gasteiger partial charge on any atom is 0.194 e. The zero-order valence-corrected chi connectivity index (χ0v) is 13.4. The normalized spacial score (nSPS) is 11.5. The van der Waals surface area contributed by atoms with Gasteiger partial charge in [-0.15, -0.1) is 11.3 Å². The van der Waals surface area contributed by atoms with Gasteiger partial charge in [0.15, 0.2) is 4.96 Å². The number of nitrogens with zero attached hydrogens (tertiary/aromatic N) is 4. The van der Waals surface area contributed by atoms with Crippen molar-refractivity contribution >= 4 is 56.3 Å². The molecule has 0 aliphatic carbocycles. The Morgan fingerprint density at radius 3 is 3.14 bits per heavy atom. The Balaban J connectivity index is 1.72. The first-order valence-corrected chi connectivity index (χ1v) is 8.28. The minimum absolute atomic E-state index is 0.639. The highest BCUT2D eigenvalue weighted by atomic mass is 35.5. The number of imidazole rings is 1. The molecule has 0 aliphatic heterocycles. The molecule has 3 heterocycles. The first-order valence-electron chi connectivity index (χ1n) is 6.29. The molecule has 0 aliphatic rings. The number of hydrogen-bond acceptors (Lipinski definition) is 6. The lowest BCUT2D eigenvalue weighted by atomic mass is 10.2. The average Bonchev–Trinajstić information content (AvgIpc) is 3.14. The SMILES string of the molecule is Cc1nc2sccn2c1CNc1c(Cl)ccc2nsnc12. The third-order valence-electron chi connectivity index (χ3n) is 3.37. The van der Waals surface area contributed by atoms with Gasteiger partial charge in [-0.25, -0.2) is 4.98 Å². The molecule has 0 fully saturated rings. The van der Waals surface area contributed by atoms with Crippen LogP contribution >= 0.6 is 34.7 Å². The Hall–Kier alpha value is -1.70. The summed E-state index contributed by atoms with van der Waals surface area (Å²) in [7, 11) is 0. The second-order valence-corrected chi connectivity index (χ2v) is 6.42. The molecule has 4 aromatic rings. The molecule has 0 radical (unpaired) electrons. The number of anilines is 1. The standard InChI is InChI=1S/C13H10ClN5S2/c1-7-10(19-4-5-20-13(19)16-7)6-15-11-8(14)2-3-9-12(11)18-21-17-9/h2-5,15H,6H2,1H3. The van der Waals surface area contributed by atoms with Crippen molar-refractivity contribution in [2.45, 2.75) is 13.5 Å². The summed E-state index contributed by atoms with van der Waals surface area (Å²) in [5.74, 6) is 0. The fraction of sp³-hybridized carbons (Fsp3) is 0.154. The molecule has 8 heteroatoms. The highest BCUT2D eigenvalue weighted by Gasteiger charge is 2.13. The van der Waals surface area contributed by atoms with Crippen LogP contribution < -0.4 is 5.32 Å². The van der Waals surface area contributed by atoms with Crippen LogP contribution in [0, 0.1) is 6.92 Å². The fourth-order valence-electron chi connectivity index (χ4n) is 2.32. The first kappa shape index (κ1) is 13.0. The molecule has 5 nitrogen and oxygen atoms in total. The molecule has 0 unspecified atom stereocenters. The summed E-state index contributed by atoms with van der Waals surface area (Å²) >= 11 is 9.11. The van der Waals surface area contributed by atoms with Crippen molar-refractivity contribution < 1.29 is 0 Å². The van der Waals surface area contributed by atoms with Gasteiger partial charge >= 0.3 is 0 Å². The Morgan fingerprint density at radius 1 is 1.33 bits per heavy atom. The van der Waals surface area contributed by atoms with E-state index in [-0.39, 0.29) is 0 Å². The topological polar surface area (TPSA) is 55.1 Å². The van der Waals surface area contributed by atoms with Gasteiger partial charge in [-0.3, -0.25) is 4.40 Å². The summed E-state index contributed by atoms with van der Waals surface area (Å²) in [6.07, 6.45) is 2.03. The summed E-state index contributed by atoms with van der Waals surface area (Å²) in [4.78, 5) is 5.55. The molecule has 1 N–H and O–H groups in total. The van der Waals surface area contributed by atoms with Gasteiger partial charge < -0.3 is 5.32 Å². The third kappa shape index (κ3) is 2.08. The number of benzene rings is 1. The quantitative estimate of drug-likeness (QED) is 0.615. The third-order valence-corrected chi connectivity index (χ3v) is 4.99. The van der Waals surface area contributed by atoms with Crippen LogP contribution in [0.4, 0.5) is 5.69 Å². The first-order chi connectivity index (χ1) is 10.2. The molecule has 3 aromatic heterocycles. The van der Waals surface area contributed by atoms with Gasteiger partial charge in [-0.05, 0) is 19.1 Å². The number of rotatable bonds is 3. The van der Waals surface area contributed by atoms with Crippen LogP contribution in [-0.2, 0) is 6.54 Å². The predicted molar refractivity (Wildman–Crippen MR) is 87.6 cm³/mol. The van der Waals surface area contributed by atoms with Crippen LogP contribution in [0.2, 0.25) is 5.02 Å². The van der Waals surface area contributed by atoms with Crippen molar-refractivity contribution in [3.63, 3.8) is 0 Å². The Morgan fingerprint density at radius 2 is 2.24 bits per heavy atom. The van der Waals surface area contributed by atoms with Crippen LogP contribution in [-0.4, -0.2) is 18.1 Å². The van der Waals surface area contributed by atoms with Crippen molar-refractivity contribution in [2.75, 3.05) is 5.32 Å². The average molecular weight is 336 g/mol. The lowest BCUT2D eigenvalue weighted by molar-refractivity contribution is 0.996. The molecule has 0 saturated carbocycles. The number of aryl methyl sites for hydroxylation is 1. The van der Waals surface area contributed by atoms with E-state index in [0.717, 1.165) is 33.1 Å². The van der Waals surface area contributed by atoms with E-state index in [1.165, 1.54) is 11.7 Å². The summed E-state index contributed by atoms with van der Waals surface area (Å²) in [6, 6.07) is 3.73. The largest absolute Gasteiger partial charge is 0.376 e. The van der Waals surface area contributed by atoms with Gasteiger partial charge in [0.05, 0.1) is 40.4 Å². The van der Waals surface area contributed by atoms with E-state index in [1.807, 2.05) is 30.6 Å². The molecule has 21 heavy (non-hydrogen) atoms. The number of halogens is 1. The zero-order chi connectivity index (χ0) is 14.4. The monoisotopic (exact) mass is 335 g/mol. The molecular weight excluding hydrogens is 326 g/mol. The maximum absolute atomic E-state index is 6.29. The zero-order valence-electron chi connectivity index (χ0n) is 11.0. The number of nitrogens with one attached hydrogen (secondary N) is 1. The number of aromatic nitrogens is 4. The molecular formula is C13H10ClN5S2. The lowest BCUT2D eigenvalue weighted by Gasteiger charge is -2.09. The second kappa shape index (κ2) is 4.94. The smallest absolute Gasteiger partial charge is 0.194 e. The molecule has 1 aromatic carbocycles. The van der Waals surface area contributed by atoms with Crippen molar-refractivity contribution in [1.29, 1.82) is 0 Å². The number of fused-ring (bicyclic) bond motifs is 2. The predicted octanol–water partition coefficient (Wildman–Crippen LogP) is 3.97. The highest BCUT2D eigenvalue weighted by Crippen LogP contribution is 2.30. The van der Waals surface area contributed by atoms with Gasteiger partial charge in [0.2, 0.25) is 0 Å². The van der Waals surface area contributed by atoms with Crippen molar-refractivity contribution in [3.8, 4) is 0 Å². The second-order valence-electron chi connectivity index (χ2n) is 4.61. The summed E-state index contributed by atoms with van der Waals surface area (Å²) < 4.78 is 10.7. The summed E-state index contributed by atoms with van der Waals surface area (Å²) in [5.41, 5.74) is 4.65. The molecule has 0 bridgehead atoms. The molecule has 106 valence electrons. The fourth-order valence-corrected chi connectivity index (χ4v) is 3.86. The van der Waals surface area contributed by atoms with Crippen LogP contribution in [0.25, 0.3) is 16.0 Å². The van der Waals surface area contributed by atoms with E-state index in [0.29, 0.717) is 11.6 Å². The summed E-state index contributed by atoms with van der Waals surface area (Å²) in [5, 5.41) is 6.07. The number of hydrogen-bond donors (Lipinski definition) is 1. The molecule has 0 spiro atoms. The van der Waals surface area contributed by atoms with E-state index in [9.17, 15) is 0 Å². The van der Waals surface area contributed by atoms with Gasteiger partial charge in [0.1, 0.15) is 11.0 Å². The lowest BCUT2D eigenvalue weighted by Crippen LogP contribution is -2.04. The van der Waals surface area contributed by atoms with Gasteiger partial charge in [0, 0.05) is 11.6 Å². The molecule has 0 saturated heterocycles. The molecule has 0 amide bonds. The van der Waals surface area contributed by atoms with Gasteiger partial charge in [0.25, 0.3) is 0 Å². The summed E-state index contributed by atoms with van der Waals surface area (Å²) in [6.45, 7) is 2.66. The highest BCUT2D eigenvalue weighted by molar-refractivity contribution is 7.15. The van der Waals surface area contributed by atoms with Crippen LogP contribution in [0.3, 0.4) is 0 Å². The van der Waals surface area contributed by atoms with Crippen LogP contribution in [0.15, 0.2) is 23.7 Å². The van der Waals surface area contributed by atoms with E-state index >= 15 is 0 Å². The van der Waals surface area contributed by atoms with E-state index in [1.54, 1.807) is 11.3 Å². The van der Waals surface area contributed by atoms with Gasteiger partial charge in [-0.2, -0.15) is 8.75 Å². The Kier molecular flexibility index (Phi) is 3.06. The van der Waals surface area contributed by atoms with E-state index in [2.05, 4.69) is 23.4 Å². The molecule has 4 rings (SSSR count). The van der Waals surface area contributed by atoms with Crippen molar-refractivity contribution in [2.24, 2.45) is 0 Å². The minimum atomic E-state index is 0.639. The number of thiazole rings is 1.